The van der Waals surface area contributed by atoms with Crippen molar-refractivity contribution in [1.29, 1.82) is 0 Å². The van der Waals surface area contributed by atoms with Gasteiger partial charge in [-0.1, -0.05) is 147 Å². The molecule has 1 unspecified atom stereocenters. The van der Waals surface area contributed by atoms with Crippen molar-refractivity contribution in [3.05, 3.63) is 145 Å². The molecule has 3 nitrogen and oxygen atoms in total. The minimum Gasteiger partial charge on any atom is -0.249 e. The fraction of sp³-hybridized carbons (Fsp3) is 0.222. The third-order valence-electron chi connectivity index (χ3n) is 8.11. The van der Waals surface area contributed by atoms with E-state index in [1.807, 2.05) is 0 Å². The van der Waals surface area contributed by atoms with Gasteiger partial charge in [0.1, 0.15) is 0 Å². The molecule has 0 N–H and O–H groups in total. The molecule has 5 heteroatoms. The summed E-state index contributed by atoms with van der Waals surface area (Å²) in [6.45, 7) is 3.39. The van der Waals surface area contributed by atoms with Crippen LogP contribution >= 0.6 is 16.1 Å². The maximum absolute atomic E-state index is 2.97. The zero-order valence-electron chi connectivity index (χ0n) is 24.2. The van der Waals surface area contributed by atoms with Gasteiger partial charge < -0.3 is 0 Å². The number of hydrazine groups is 1. The molecule has 0 amide bonds. The average Bonchev–Trinajstić information content (AvgIpc) is 3.30. The molecule has 1 fully saturated rings. The van der Waals surface area contributed by atoms with Gasteiger partial charge in [0, 0.05) is 42.1 Å². The molecule has 5 aromatic rings. The molecule has 41 heavy (non-hydrogen) atoms. The summed E-state index contributed by atoms with van der Waals surface area (Å²) in [4.78, 5) is 0. The Bertz CT molecular complexity index is 1490. The molecule has 0 bridgehead atoms. The van der Waals surface area contributed by atoms with Crippen LogP contribution in [0.1, 0.15) is 42.5 Å². The topological polar surface area (TPSA) is 9.72 Å². The first kappa shape index (κ1) is 28.2. The number of hydrogen-bond acceptors (Lipinski definition) is 3. The zero-order chi connectivity index (χ0) is 28.2. The highest BCUT2D eigenvalue weighted by Crippen LogP contribution is 2.75. The van der Waals surface area contributed by atoms with Gasteiger partial charge in [-0.15, -0.1) is 0 Å². The van der Waals surface area contributed by atoms with Gasteiger partial charge in [0.25, 0.3) is 0 Å². The van der Waals surface area contributed by atoms with Crippen molar-refractivity contribution in [1.82, 2.24) is 14.5 Å². The fourth-order valence-corrected chi connectivity index (χ4v) is 13.4. The minimum atomic E-state index is -0.800. The Kier molecular flexibility index (Phi) is 8.92. The molecule has 1 aliphatic rings. The monoisotopic (exact) mass is 575 g/mol. The number of benzene rings is 5. The maximum Gasteiger partial charge on any atom is 0.0844 e. The van der Waals surface area contributed by atoms with E-state index >= 15 is 0 Å². The standard InChI is InChI=1S/C36H39N3P2/c1-4-5-28-39(40(32-24-13-8-14-25-32)34-27-17-23-29-18-15-16-26-33(29)34)41-35(30-19-9-6-10-20-30)37(2)38(3)36(41)31-21-11-7-12-22-31/h6-27,35-36H,4-5,28H2,1-3H3/t35-,36-,40?/m1/s1. The van der Waals surface area contributed by atoms with Crippen LogP contribution < -0.4 is 10.6 Å². The first-order valence-electron chi connectivity index (χ1n) is 14.6. The highest BCUT2D eigenvalue weighted by Gasteiger charge is 2.50. The summed E-state index contributed by atoms with van der Waals surface area (Å²) in [6, 6.07) is 49.6. The highest BCUT2D eigenvalue weighted by molar-refractivity contribution is 7.79. The normalized spacial score (nSPS) is 19.2. The summed E-state index contributed by atoms with van der Waals surface area (Å²) in [6.07, 6.45) is 2.34. The van der Waals surface area contributed by atoms with Crippen LogP contribution in [0.25, 0.3) is 10.8 Å². The second kappa shape index (κ2) is 13.0. The van der Waals surface area contributed by atoms with Gasteiger partial charge in [-0.3, -0.25) is 0 Å². The first-order valence-corrected chi connectivity index (χ1v) is 17.4. The third kappa shape index (κ3) is 5.63. The summed E-state index contributed by atoms with van der Waals surface area (Å²) in [5, 5.41) is 10.6. The van der Waals surface area contributed by atoms with Gasteiger partial charge in [0.2, 0.25) is 0 Å². The van der Waals surface area contributed by atoms with Crippen LogP contribution in [0, 0.1) is 0 Å². The molecule has 6 rings (SSSR count). The van der Waals surface area contributed by atoms with E-state index in [4.69, 9.17) is 0 Å². The number of fused-ring (bicyclic) bond motifs is 1. The van der Waals surface area contributed by atoms with E-state index in [2.05, 4.69) is 169 Å². The SMILES string of the molecule is CCCCN(P(c1ccccc1)c1cccc2ccccc12)P1[C@H](c2ccccc2)N(C)N(C)[C@H]1c1ccccc1. The molecule has 3 atom stereocenters. The van der Waals surface area contributed by atoms with E-state index in [0.717, 1.165) is 6.54 Å². The van der Waals surface area contributed by atoms with Crippen molar-refractivity contribution in [2.75, 3.05) is 20.6 Å². The highest BCUT2D eigenvalue weighted by atomic mass is 31.2. The summed E-state index contributed by atoms with van der Waals surface area (Å²) in [5.74, 6) is 0.559. The molecule has 0 saturated carbocycles. The van der Waals surface area contributed by atoms with E-state index in [9.17, 15) is 0 Å². The van der Waals surface area contributed by atoms with Crippen molar-refractivity contribution >= 4 is 37.5 Å². The lowest BCUT2D eigenvalue weighted by Crippen LogP contribution is -2.32. The Balaban J connectivity index is 1.61. The van der Waals surface area contributed by atoms with Gasteiger partial charge in [-0.2, -0.15) is 0 Å². The summed E-state index contributed by atoms with van der Waals surface area (Å²) >= 11 is 0. The number of rotatable bonds is 9. The molecule has 0 aromatic heterocycles. The number of nitrogens with zero attached hydrogens (tertiary/aromatic N) is 3. The lowest BCUT2D eigenvalue weighted by atomic mass is 10.1. The second-order valence-electron chi connectivity index (χ2n) is 10.7. The third-order valence-corrected chi connectivity index (χ3v) is 14.6. The Hall–Kier alpha value is -2.90. The number of hydrogen-bond donors (Lipinski definition) is 0. The van der Waals surface area contributed by atoms with Crippen LogP contribution in [-0.4, -0.2) is 35.1 Å². The van der Waals surface area contributed by atoms with E-state index < -0.39 is 16.1 Å². The van der Waals surface area contributed by atoms with E-state index in [1.54, 1.807) is 0 Å². The van der Waals surface area contributed by atoms with E-state index in [-0.39, 0.29) is 11.6 Å². The van der Waals surface area contributed by atoms with Crippen LogP contribution in [-0.2, 0) is 0 Å². The van der Waals surface area contributed by atoms with Gasteiger partial charge in [-0.25, -0.2) is 14.5 Å². The van der Waals surface area contributed by atoms with Crippen LogP contribution in [0.2, 0.25) is 0 Å². The smallest absolute Gasteiger partial charge is 0.0844 e. The van der Waals surface area contributed by atoms with Gasteiger partial charge >= 0.3 is 0 Å². The summed E-state index contributed by atoms with van der Waals surface area (Å²) < 4.78 is 2.97. The van der Waals surface area contributed by atoms with Crippen LogP contribution in [0.5, 0.6) is 0 Å². The lowest BCUT2D eigenvalue weighted by molar-refractivity contribution is 0.0252. The minimum absolute atomic E-state index is 0.280. The summed E-state index contributed by atoms with van der Waals surface area (Å²) in [7, 11) is 3.07. The van der Waals surface area contributed by atoms with Crippen molar-refractivity contribution < 1.29 is 0 Å². The predicted molar refractivity (Wildman–Crippen MR) is 179 cm³/mol. The van der Waals surface area contributed by atoms with Crippen LogP contribution in [0.4, 0.5) is 0 Å². The molecule has 0 aliphatic carbocycles. The first-order chi connectivity index (χ1) is 20.2. The van der Waals surface area contributed by atoms with Gasteiger partial charge in [0.15, 0.2) is 0 Å². The van der Waals surface area contributed by atoms with E-state index in [1.165, 1.54) is 45.4 Å². The molecule has 0 spiro atoms. The molecule has 1 heterocycles. The van der Waals surface area contributed by atoms with E-state index in [0.29, 0.717) is 0 Å². The second-order valence-corrected chi connectivity index (χ2v) is 15.3. The van der Waals surface area contributed by atoms with Crippen molar-refractivity contribution in [3.8, 4) is 0 Å². The molecule has 208 valence electrons. The zero-order valence-corrected chi connectivity index (χ0v) is 26.0. The molecular formula is C36H39N3P2. The van der Waals surface area contributed by atoms with Crippen LogP contribution in [0.15, 0.2) is 133 Å². The number of unbranched alkanes of at least 4 members (excludes halogenated alkanes) is 1. The van der Waals surface area contributed by atoms with Crippen molar-refractivity contribution in [2.45, 2.75) is 31.3 Å². The Morgan fingerprint density at radius 1 is 0.634 bits per heavy atom. The Labute approximate surface area is 248 Å². The molecular weight excluding hydrogens is 536 g/mol. The lowest BCUT2D eigenvalue weighted by Gasteiger charge is -2.42. The largest absolute Gasteiger partial charge is 0.249 e. The molecule has 1 aliphatic heterocycles. The van der Waals surface area contributed by atoms with Gasteiger partial charge in [-0.05, 0) is 33.6 Å². The maximum atomic E-state index is 2.97. The molecule has 1 saturated heterocycles. The predicted octanol–water partition coefficient (Wildman–Crippen LogP) is 8.88. The Morgan fingerprint density at radius 3 is 1.73 bits per heavy atom. The molecule has 0 radical (unpaired) electrons. The summed E-state index contributed by atoms with van der Waals surface area (Å²) in [5.41, 5.74) is 2.79. The van der Waals surface area contributed by atoms with Crippen molar-refractivity contribution in [3.63, 3.8) is 0 Å². The fourth-order valence-electron chi connectivity index (χ4n) is 6.04. The van der Waals surface area contributed by atoms with Gasteiger partial charge in [0.05, 0.1) is 11.6 Å². The molecule has 5 aromatic carbocycles. The average molecular weight is 576 g/mol. The Morgan fingerprint density at radius 2 is 1.15 bits per heavy atom. The van der Waals surface area contributed by atoms with Crippen LogP contribution in [0.3, 0.4) is 0 Å². The quantitative estimate of drug-likeness (QED) is 0.163. The van der Waals surface area contributed by atoms with Crippen molar-refractivity contribution in [2.24, 2.45) is 0 Å².